The van der Waals surface area contributed by atoms with Gasteiger partial charge in [-0.05, 0) is 0 Å². The molecule has 0 spiro atoms. The number of rotatable bonds is 0. The molecule has 0 aliphatic carbocycles. The third-order valence-electron chi connectivity index (χ3n) is 1.61. The Balaban J connectivity index is 2.62. The van der Waals surface area contributed by atoms with E-state index in [0.717, 1.165) is 4.90 Å². The van der Waals surface area contributed by atoms with Crippen molar-refractivity contribution in [3.8, 4) is 0 Å². The van der Waals surface area contributed by atoms with Crippen LogP contribution >= 0.6 is 0 Å². The maximum atomic E-state index is 11.1. The van der Waals surface area contributed by atoms with Gasteiger partial charge in [0.1, 0.15) is 0 Å². The van der Waals surface area contributed by atoms with Crippen molar-refractivity contribution in [3.63, 3.8) is 0 Å². The molecule has 1 rings (SSSR count). The average Bonchev–Trinajstić information content (AvgIpc) is 2.32. The fourth-order valence-corrected chi connectivity index (χ4v) is 0.927. The molecule has 3 amide bonds. The highest BCUT2D eigenvalue weighted by Crippen LogP contribution is 2.06. The third-order valence-corrected chi connectivity index (χ3v) is 1.61. The van der Waals surface area contributed by atoms with Gasteiger partial charge in [0.25, 0.3) is 0 Å². The van der Waals surface area contributed by atoms with E-state index in [1.165, 1.54) is 12.0 Å². The first-order chi connectivity index (χ1) is 5.16. The lowest BCUT2D eigenvalue weighted by Gasteiger charge is -2.11. The molecule has 0 aromatic rings. The zero-order valence-electron chi connectivity index (χ0n) is 6.53. The van der Waals surface area contributed by atoms with E-state index >= 15 is 0 Å². The van der Waals surface area contributed by atoms with Crippen LogP contribution in [0.15, 0.2) is 0 Å². The Morgan fingerprint density at radius 1 is 1.55 bits per heavy atom. The first-order valence-electron chi connectivity index (χ1n) is 3.27. The van der Waals surface area contributed by atoms with Crippen LogP contribution in [0.5, 0.6) is 0 Å². The van der Waals surface area contributed by atoms with Gasteiger partial charge >= 0.3 is 12.1 Å². The quantitative estimate of drug-likeness (QED) is 0.503. The minimum Gasteiger partial charge on any atom is -0.452 e. The van der Waals surface area contributed by atoms with E-state index in [9.17, 15) is 9.59 Å². The predicted molar refractivity (Wildman–Crippen MR) is 37.1 cm³/mol. The molecule has 0 saturated carbocycles. The molecular formula is C6H10N2O3. The monoisotopic (exact) mass is 158 g/mol. The summed E-state index contributed by atoms with van der Waals surface area (Å²) in [6, 6.07) is -0.295. The third kappa shape index (κ3) is 1.26. The van der Waals surface area contributed by atoms with Gasteiger partial charge in [-0.15, -0.1) is 0 Å². The fraction of sp³-hybridized carbons (Fsp3) is 0.667. The second-order valence-corrected chi connectivity index (χ2v) is 2.33. The van der Waals surface area contributed by atoms with E-state index in [1.807, 2.05) is 0 Å². The van der Waals surface area contributed by atoms with Crippen LogP contribution < -0.4 is 0 Å². The number of imide groups is 1. The van der Waals surface area contributed by atoms with Crippen molar-refractivity contribution in [1.82, 2.24) is 9.80 Å². The number of hydrogen-bond acceptors (Lipinski definition) is 3. The number of ether oxygens (including phenoxy) is 1. The van der Waals surface area contributed by atoms with E-state index in [4.69, 9.17) is 0 Å². The van der Waals surface area contributed by atoms with Gasteiger partial charge in [-0.25, -0.2) is 14.5 Å². The smallest absolute Gasteiger partial charge is 0.417 e. The van der Waals surface area contributed by atoms with Gasteiger partial charge < -0.3 is 9.64 Å². The van der Waals surface area contributed by atoms with Crippen LogP contribution in [-0.2, 0) is 4.74 Å². The Kier molecular flexibility index (Phi) is 1.98. The van der Waals surface area contributed by atoms with E-state index in [2.05, 4.69) is 4.74 Å². The van der Waals surface area contributed by atoms with Gasteiger partial charge in [-0.2, -0.15) is 0 Å². The molecule has 5 heteroatoms. The zero-order chi connectivity index (χ0) is 8.43. The molecule has 62 valence electrons. The number of carbonyl (C=O) groups is 2. The largest absolute Gasteiger partial charge is 0.452 e. The lowest BCUT2D eigenvalue weighted by molar-refractivity contribution is 0.135. The number of nitrogens with zero attached hydrogens (tertiary/aromatic N) is 2. The SMILES string of the molecule is COC(=O)N1CCN(C)C1=O. The topological polar surface area (TPSA) is 49.9 Å². The van der Waals surface area contributed by atoms with Gasteiger partial charge in [-0.1, -0.05) is 0 Å². The Morgan fingerprint density at radius 3 is 2.55 bits per heavy atom. The normalized spacial score (nSPS) is 17.5. The van der Waals surface area contributed by atoms with Crippen molar-refractivity contribution >= 4 is 12.1 Å². The molecule has 1 aliphatic rings. The number of methoxy groups -OCH3 is 1. The van der Waals surface area contributed by atoms with Crippen molar-refractivity contribution < 1.29 is 14.3 Å². The highest BCUT2D eigenvalue weighted by atomic mass is 16.5. The second-order valence-electron chi connectivity index (χ2n) is 2.33. The molecule has 0 radical (unpaired) electrons. The highest BCUT2D eigenvalue weighted by Gasteiger charge is 2.30. The summed E-state index contributed by atoms with van der Waals surface area (Å²) in [7, 11) is 2.90. The molecule has 0 aromatic carbocycles. The molecular weight excluding hydrogens is 148 g/mol. The molecule has 1 aliphatic heterocycles. The van der Waals surface area contributed by atoms with Gasteiger partial charge in [0.15, 0.2) is 0 Å². The Morgan fingerprint density at radius 2 is 2.18 bits per heavy atom. The van der Waals surface area contributed by atoms with Crippen LogP contribution in [-0.4, -0.2) is 49.2 Å². The van der Waals surface area contributed by atoms with Crippen LogP contribution in [0.25, 0.3) is 0 Å². The number of urea groups is 1. The summed E-state index contributed by atoms with van der Waals surface area (Å²) in [6.45, 7) is 0.996. The summed E-state index contributed by atoms with van der Waals surface area (Å²) in [5.74, 6) is 0. The minimum atomic E-state index is -0.584. The molecule has 5 nitrogen and oxygen atoms in total. The van der Waals surface area contributed by atoms with Crippen molar-refractivity contribution in [2.75, 3.05) is 27.2 Å². The van der Waals surface area contributed by atoms with E-state index in [0.29, 0.717) is 13.1 Å². The molecule has 0 bridgehead atoms. The summed E-state index contributed by atoms with van der Waals surface area (Å²) in [5.41, 5.74) is 0. The van der Waals surface area contributed by atoms with Crippen molar-refractivity contribution in [1.29, 1.82) is 0 Å². The van der Waals surface area contributed by atoms with Crippen LogP contribution in [0.2, 0.25) is 0 Å². The maximum absolute atomic E-state index is 11.1. The maximum Gasteiger partial charge on any atom is 0.417 e. The molecule has 1 saturated heterocycles. The summed E-state index contributed by atoms with van der Waals surface area (Å²) < 4.78 is 4.39. The van der Waals surface area contributed by atoms with Crippen LogP contribution in [0.1, 0.15) is 0 Å². The minimum absolute atomic E-state index is 0.295. The van der Waals surface area contributed by atoms with Gasteiger partial charge in [-0.3, -0.25) is 0 Å². The lowest BCUT2D eigenvalue weighted by atomic mass is 10.6. The van der Waals surface area contributed by atoms with E-state index < -0.39 is 6.09 Å². The number of hydrogen-bond donors (Lipinski definition) is 0. The molecule has 0 atom stereocenters. The lowest BCUT2D eigenvalue weighted by Crippen LogP contribution is -2.34. The van der Waals surface area contributed by atoms with Gasteiger partial charge in [0.05, 0.1) is 13.7 Å². The van der Waals surface area contributed by atoms with E-state index in [-0.39, 0.29) is 6.03 Å². The number of likely N-dealkylation sites (N-methyl/N-ethyl adjacent to an activating group) is 1. The molecule has 0 aromatic heterocycles. The van der Waals surface area contributed by atoms with Crippen molar-refractivity contribution in [2.24, 2.45) is 0 Å². The summed E-state index contributed by atoms with van der Waals surface area (Å²) in [6.07, 6.45) is -0.584. The highest BCUT2D eigenvalue weighted by molar-refractivity contribution is 5.92. The Hall–Kier alpha value is -1.26. The van der Waals surface area contributed by atoms with Crippen LogP contribution in [0, 0.1) is 0 Å². The molecule has 0 N–H and O–H groups in total. The summed E-state index contributed by atoms with van der Waals surface area (Å²) in [4.78, 5) is 24.4. The van der Waals surface area contributed by atoms with E-state index in [1.54, 1.807) is 7.05 Å². The van der Waals surface area contributed by atoms with Crippen molar-refractivity contribution in [3.05, 3.63) is 0 Å². The molecule has 1 fully saturated rings. The van der Waals surface area contributed by atoms with Crippen molar-refractivity contribution in [2.45, 2.75) is 0 Å². The fourth-order valence-electron chi connectivity index (χ4n) is 0.927. The van der Waals surface area contributed by atoms with Gasteiger partial charge in [0, 0.05) is 13.6 Å². The average molecular weight is 158 g/mol. The predicted octanol–water partition coefficient (Wildman–Crippen LogP) is 0.120. The molecule has 11 heavy (non-hydrogen) atoms. The summed E-state index contributed by atoms with van der Waals surface area (Å²) >= 11 is 0. The summed E-state index contributed by atoms with van der Waals surface area (Å²) in [5, 5.41) is 0. The van der Waals surface area contributed by atoms with Crippen LogP contribution in [0.4, 0.5) is 9.59 Å². The molecule has 1 heterocycles. The first-order valence-corrected chi connectivity index (χ1v) is 3.27. The van der Waals surface area contributed by atoms with Crippen LogP contribution in [0.3, 0.4) is 0 Å². The number of amides is 3. The Bertz CT molecular complexity index is 192. The zero-order valence-corrected chi connectivity index (χ0v) is 6.53. The number of carbonyl (C=O) groups excluding carboxylic acids is 2. The first kappa shape index (κ1) is 7.84. The Labute approximate surface area is 64.5 Å². The molecule has 0 unspecified atom stereocenters. The standard InChI is InChI=1S/C6H10N2O3/c1-7-3-4-8(5(7)9)6(10)11-2/h3-4H2,1-2H3. The second kappa shape index (κ2) is 2.77. The van der Waals surface area contributed by atoms with Gasteiger partial charge in [0.2, 0.25) is 0 Å².